The number of aromatic nitrogens is 2. The Bertz CT molecular complexity index is 942. The van der Waals surface area contributed by atoms with Crippen molar-refractivity contribution in [2.45, 2.75) is 33.1 Å². The SMILES string of the molecule is Cc1cc(N2CCN(C(=O)Cc3cc(Cl)c4c(c3)OCCO4)CC2)nc(C(C)C)n1. The molecule has 4 rings (SSSR count). The van der Waals surface area contributed by atoms with Crippen molar-refractivity contribution in [3.8, 4) is 11.5 Å². The Kier molecular flexibility index (Phi) is 5.99. The third-order valence-electron chi connectivity index (χ3n) is 5.34. The van der Waals surface area contributed by atoms with E-state index in [2.05, 4.69) is 23.7 Å². The Morgan fingerprint density at radius 3 is 2.57 bits per heavy atom. The van der Waals surface area contributed by atoms with Crippen LogP contribution in [0.3, 0.4) is 0 Å². The zero-order valence-corrected chi connectivity index (χ0v) is 18.4. The van der Waals surface area contributed by atoms with Crippen molar-refractivity contribution >= 4 is 23.3 Å². The number of halogens is 1. The fraction of sp³-hybridized carbons (Fsp3) is 0.500. The maximum absolute atomic E-state index is 12.9. The van der Waals surface area contributed by atoms with Crippen LogP contribution in [0.25, 0.3) is 0 Å². The maximum Gasteiger partial charge on any atom is 0.227 e. The zero-order valence-electron chi connectivity index (χ0n) is 17.7. The summed E-state index contributed by atoms with van der Waals surface area (Å²) in [5, 5.41) is 0.486. The molecule has 0 aliphatic carbocycles. The Morgan fingerprint density at radius 1 is 1.10 bits per heavy atom. The van der Waals surface area contributed by atoms with Gasteiger partial charge in [-0.05, 0) is 24.6 Å². The quantitative estimate of drug-likeness (QED) is 0.741. The molecule has 7 nitrogen and oxygen atoms in total. The molecule has 1 fully saturated rings. The first-order valence-electron chi connectivity index (χ1n) is 10.4. The van der Waals surface area contributed by atoms with E-state index in [1.165, 1.54) is 0 Å². The lowest BCUT2D eigenvalue weighted by atomic mass is 10.1. The lowest BCUT2D eigenvalue weighted by molar-refractivity contribution is -0.130. The number of piperazine rings is 1. The van der Waals surface area contributed by atoms with Crippen molar-refractivity contribution in [1.29, 1.82) is 0 Å². The highest BCUT2D eigenvalue weighted by atomic mass is 35.5. The van der Waals surface area contributed by atoms with Crippen LogP contribution >= 0.6 is 11.6 Å². The Labute approximate surface area is 182 Å². The van der Waals surface area contributed by atoms with Gasteiger partial charge in [0.25, 0.3) is 0 Å². The summed E-state index contributed by atoms with van der Waals surface area (Å²) in [6.45, 7) is 10.00. The topological polar surface area (TPSA) is 67.8 Å². The third-order valence-corrected chi connectivity index (χ3v) is 5.62. The third kappa shape index (κ3) is 4.46. The minimum Gasteiger partial charge on any atom is -0.486 e. The van der Waals surface area contributed by atoms with E-state index in [0.29, 0.717) is 49.2 Å². The molecular formula is C22H27ClN4O3. The number of anilines is 1. The predicted octanol–water partition coefficient (Wildman–Crippen LogP) is 3.22. The number of ether oxygens (including phenoxy) is 2. The lowest BCUT2D eigenvalue weighted by Gasteiger charge is -2.35. The van der Waals surface area contributed by atoms with Crippen LogP contribution < -0.4 is 14.4 Å². The largest absolute Gasteiger partial charge is 0.486 e. The van der Waals surface area contributed by atoms with E-state index in [1.54, 1.807) is 6.07 Å². The van der Waals surface area contributed by atoms with Gasteiger partial charge >= 0.3 is 0 Å². The molecule has 0 unspecified atom stereocenters. The van der Waals surface area contributed by atoms with Gasteiger partial charge in [-0.15, -0.1) is 0 Å². The maximum atomic E-state index is 12.9. The highest BCUT2D eigenvalue weighted by Gasteiger charge is 2.24. The van der Waals surface area contributed by atoms with Crippen LogP contribution in [-0.4, -0.2) is 60.2 Å². The fourth-order valence-corrected chi connectivity index (χ4v) is 4.02. The van der Waals surface area contributed by atoms with Gasteiger partial charge in [0.2, 0.25) is 5.91 Å². The number of hydrogen-bond acceptors (Lipinski definition) is 6. The van der Waals surface area contributed by atoms with Crippen LogP contribution in [0.1, 0.15) is 36.8 Å². The highest BCUT2D eigenvalue weighted by molar-refractivity contribution is 6.32. The second-order valence-electron chi connectivity index (χ2n) is 8.03. The molecule has 160 valence electrons. The summed E-state index contributed by atoms with van der Waals surface area (Å²) < 4.78 is 11.2. The zero-order chi connectivity index (χ0) is 21.3. The summed E-state index contributed by atoms with van der Waals surface area (Å²) in [4.78, 5) is 26.2. The van der Waals surface area contributed by atoms with E-state index in [1.807, 2.05) is 24.0 Å². The molecule has 8 heteroatoms. The molecule has 0 saturated carbocycles. The Balaban J connectivity index is 1.39. The van der Waals surface area contributed by atoms with Crippen molar-refractivity contribution in [1.82, 2.24) is 14.9 Å². The first-order chi connectivity index (χ1) is 14.4. The fourth-order valence-electron chi connectivity index (χ4n) is 3.73. The number of aryl methyl sites for hydroxylation is 1. The van der Waals surface area contributed by atoms with Crippen LogP contribution in [0.2, 0.25) is 5.02 Å². The molecule has 1 aromatic heterocycles. The number of hydrogen-bond donors (Lipinski definition) is 0. The van der Waals surface area contributed by atoms with Crippen molar-refractivity contribution in [2.24, 2.45) is 0 Å². The van der Waals surface area contributed by atoms with Gasteiger partial charge in [0.05, 0.1) is 11.4 Å². The molecule has 1 amide bonds. The van der Waals surface area contributed by atoms with Crippen LogP contribution in [0.5, 0.6) is 11.5 Å². The predicted molar refractivity (Wildman–Crippen MR) is 116 cm³/mol. The number of amides is 1. The number of nitrogens with zero attached hydrogens (tertiary/aromatic N) is 4. The number of carbonyl (C=O) groups excluding carboxylic acids is 1. The van der Waals surface area contributed by atoms with E-state index >= 15 is 0 Å². The van der Waals surface area contributed by atoms with Gasteiger partial charge in [0.1, 0.15) is 24.9 Å². The smallest absolute Gasteiger partial charge is 0.227 e. The second kappa shape index (κ2) is 8.68. The van der Waals surface area contributed by atoms with Gasteiger partial charge in [0, 0.05) is 43.9 Å². The number of benzene rings is 1. The minimum absolute atomic E-state index is 0.0872. The molecule has 0 radical (unpaired) electrons. The number of carbonyl (C=O) groups is 1. The second-order valence-corrected chi connectivity index (χ2v) is 8.43. The molecule has 3 heterocycles. The van der Waals surface area contributed by atoms with Crippen molar-refractivity contribution < 1.29 is 14.3 Å². The normalized spacial score (nSPS) is 16.2. The van der Waals surface area contributed by atoms with Gasteiger partial charge in [-0.1, -0.05) is 25.4 Å². The van der Waals surface area contributed by atoms with E-state index < -0.39 is 0 Å². The van der Waals surface area contributed by atoms with Gasteiger partial charge in [-0.3, -0.25) is 4.79 Å². The summed E-state index contributed by atoms with van der Waals surface area (Å²) in [5.74, 6) is 3.35. The van der Waals surface area contributed by atoms with Gasteiger partial charge < -0.3 is 19.3 Å². The molecule has 0 atom stereocenters. The minimum atomic E-state index is 0.0872. The molecule has 0 bridgehead atoms. The van der Waals surface area contributed by atoms with Gasteiger partial charge in [-0.25, -0.2) is 9.97 Å². The van der Waals surface area contributed by atoms with E-state index in [0.717, 1.165) is 36.0 Å². The lowest BCUT2D eigenvalue weighted by Crippen LogP contribution is -2.49. The van der Waals surface area contributed by atoms with Gasteiger partial charge in [-0.2, -0.15) is 0 Å². The summed E-state index contributed by atoms with van der Waals surface area (Å²) in [6.07, 6.45) is 0.292. The van der Waals surface area contributed by atoms with E-state index in [4.69, 9.17) is 26.1 Å². The summed E-state index contributed by atoms with van der Waals surface area (Å²) >= 11 is 6.30. The number of rotatable bonds is 4. The molecule has 2 aliphatic rings. The average Bonchev–Trinajstić information content (AvgIpc) is 2.73. The van der Waals surface area contributed by atoms with Gasteiger partial charge in [0.15, 0.2) is 11.5 Å². The summed E-state index contributed by atoms with van der Waals surface area (Å²) in [6, 6.07) is 5.66. The van der Waals surface area contributed by atoms with E-state index in [9.17, 15) is 4.79 Å². The standard InChI is InChI=1S/C22H27ClN4O3/c1-14(2)22-24-15(3)10-19(25-22)26-4-6-27(7-5-26)20(28)13-16-11-17(23)21-18(12-16)29-8-9-30-21/h10-12,14H,4-9,13H2,1-3H3. The number of fused-ring (bicyclic) bond motifs is 1. The summed E-state index contributed by atoms with van der Waals surface area (Å²) in [7, 11) is 0. The molecule has 0 spiro atoms. The van der Waals surface area contributed by atoms with E-state index in [-0.39, 0.29) is 11.8 Å². The molecule has 30 heavy (non-hydrogen) atoms. The Morgan fingerprint density at radius 2 is 1.83 bits per heavy atom. The van der Waals surface area contributed by atoms with Crippen LogP contribution in [0, 0.1) is 6.92 Å². The van der Waals surface area contributed by atoms with Crippen molar-refractivity contribution in [2.75, 3.05) is 44.3 Å². The first kappa shape index (κ1) is 20.7. The Hall–Kier alpha value is -2.54. The van der Waals surface area contributed by atoms with Crippen LogP contribution in [0.15, 0.2) is 18.2 Å². The molecule has 1 saturated heterocycles. The average molecular weight is 431 g/mol. The highest BCUT2D eigenvalue weighted by Crippen LogP contribution is 2.38. The summed E-state index contributed by atoms with van der Waals surface area (Å²) in [5.41, 5.74) is 1.81. The molecule has 2 aromatic rings. The van der Waals surface area contributed by atoms with Crippen LogP contribution in [-0.2, 0) is 11.2 Å². The van der Waals surface area contributed by atoms with Crippen LogP contribution in [0.4, 0.5) is 5.82 Å². The molecule has 0 N–H and O–H groups in total. The molecule has 1 aromatic carbocycles. The molecule has 2 aliphatic heterocycles. The van der Waals surface area contributed by atoms with Crippen molar-refractivity contribution in [3.05, 3.63) is 40.3 Å². The van der Waals surface area contributed by atoms with Crippen molar-refractivity contribution in [3.63, 3.8) is 0 Å². The molecular weight excluding hydrogens is 404 g/mol. The monoisotopic (exact) mass is 430 g/mol. The first-order valence-corrected chi connectivity index (χ1v) is 10.7.